The van der Waals surface area contributed by atoms with Crippen molar-refractivity contribution in [2.75, 3.05) is 0 Å². The molecule has 0 N–H and O–H groups in total. The van der Waals surface area contributed by atoms with Gasteiger partial charge in [-0.1, -0.05) is 95.9 Å². The van der Waals surface area contributed by atoms with Crippen LogP contribution in [0.3, 0.4) is 0 Å². The fraction of sp³-hybridized carbons (Fsp3) is 0.769. The van der Waals surface area contributed by atoms with Gasteiger partial charge in [-0.2, -0.15) is 0 Å². The van der Waals surface area contributed by atoms with E-state index in [1.54, 1.807) is 5.56 Å². The van der Waals surface area contributed by atoms with Crippen LogP contribution in [0.2, 0.25) is 0 Å². The summed E-state index contributed by atoms with van der Waals surface area (Å²) in [5.74, 6) is 3.99. The monoisotopic (exact) mass is 354 g/mol. The number of rotatable bonds is 8. The molecule has 1 aromatic rings. The van der Waals surface area contributed by atoms with Gasteiger partial charge in [0.05, 0.1) is 0 Å². The van der Waals surface area contributed by atoms with Crippen LogP contribution >= 0.6 is 0 Å². The molecule has 2 aliphatic carbocycles. The first-order valence-corrected chi connectivity index (χ1v) is 11.9. The maximum atomic E-state index is 2.42. The van der Waals surface area contributed by atoms with Crippen molar-refractivity contribution in [3.05, 3.63) is 35.4 Å². The van der Waals surface area contributed by atoms with Crippen LogP contribution in [0.1, 0.15) is 114 Å². The topological polar surface area (TPSA) is 0 Å². The zero-order valence-electron chi connectivity index (χ0n) is 17.5. The van der Waals surface area contributed by atoms with E-state index in [0.717, 1.165) is 23.7 Å². The lowest BCUT2D eigenvalue weighted by Crippen LogP contribution is -2.17. The molecule has 146 valence electrons. The molecule has 0 saturated heterocycles. The zero-order chi connectivity index (χ0) is 18.2. The molecule has 1 aromatic carbocycles. The van der Waals surface area contributed by atoms with Crippen LogP contribution in [-0.2, 0) is 6.42 Å². The van der Waals surface area contributed by atoms with Gasteiger partial charge in [0, 0.05) is 0 Å². The Morgan fingerprint density at radius 3 is 1.62 bits per heavy atom. The van der Waals surface area contributed by atoms with Gasteiger partial charge in [0.2, 0.25) is 0 Å². The first kappa shape index (κ1) is 20.0. The van der Waals surface area contributed by atoms with Gasteiger partial charge in [0.25, 0.3) is 0 Å². The Balaban J connectivity index is 1.35. The van der Waals surface area contributed by atoms with Gasteiger partial charge in [-0.3, -0.25) is 0 Å². The van der Waals surface area contributed by atoms with Gasteiger partial charge < -0.3 is 0 Å². The molecule has 26 heavy (non-hydrogen) atoms. The van der Waals surface area contributed by atoms with Crippen molar-refractivity contribution in [2.45, 2.75) is 110 Å². The summed E-state index contributed by atoms with van der Waals surface area (Å²) in [7, 11) is 0. The minimum Gasteiger partial charge on any atom is -0.0654 e. The van der Waals surface area contributed by atoms with E-state index in [0.29, 0.717) is 0 Å². The van der Waals surface area contributed by atoms with Gasteiger partial charge in [-0.05, 0) is 66.9 Å². The van der Waals surface area contributed by atoms with E-state index in [1.165, 1.54) is 95.5 Å². The van der Waals surface area contributed by atoms with Crippen LogP contribution in [0, 0.1) is 17.8 Å². The quantitative estimate of drug-likeness (QED) is 0.440. The molecule has 2 saturated carbocycles. The number of hydrogen-bond donors (Lipinski definition) is 0. The molecule has 0 aliphatic heterocycles. The summed E-state index contributed by atoms with van der Waals surface area (Å²) < 4.78 is 0. The molecule has 3 rings (SSSR count). The predicted molar refractivity (Wildman–Crippen MR) is 115 cm³/mol. The first-order chi connectivity index (χ1) is 12.8. The van der Waals surface area contributed by atoms with E-state index in [4.69, 9.17) is 0 Å². The molecule has 0 bridgehead atoms. The predicted octanol–water partition coefficient (Wildman–Crippen LogP) is 8.30. The third-order valence-corrected chi connectivity index (χ3v) is 7.48. The molecular weight excluding hydrogens is 312 g/mol. The number of benzene rings is 1. The Hall–Kier alpha value is -0.780. The molecule has 2 aliphatic rings. The molecule has 0 radical (unpaired) electrons. The van der Waals surface area contributed by atoms with Crippen molar-refractivity contribution in [1.82, 2.24) is 0 Å². The largest absolute Gasteiger partial charge is 0.0654 e. The molecule has 0 aromatic heterocycles. The Kier molecular flexibility index (Phi) is 8.08. The van der Waals surface area contributed by atoms with Crippen LogP contribution in [0.4, 0.5) is 0 Å². The van der Waals surface area contributed by atoms with Gasteiger partial charge in [0.1, 0.15) is 0 Å². The fourth-order valence-corrected chi connectivity index (χ4v) is 5.72. The third-order valence-electron chi connectivity index (χ3n) is 7.48. The van der Waals surface area contributed by atoms with Gasteiger partial charge >= 0.3 is 0 Å². The van der Waals surface area contributed by atoms with Gasteiger partial charge in [-0.25, -0.2) is 0 Å². The second-order valence-electron chi connectivity index (χ2n) is 9.46. The summed E-state index contributed by atoms with van der Waals surface area (Å²) in [6.45, 7) is 4.62. The Labute approximate surface area is 163 Å². The van der Waals surface area contributed by atoms with Crippen LogP contribution < -0.4 is 0 Å². The van der Waals surface area contributed by atoms with Gasteiger partial charge in [0.15, 0.2) is 0 Å². The molecule has 0 amide bonds. The first-order valence-electron chi connectivity index (χ1n) is 11.9. The highest BCUT2D eigenvalue weighted by atomic mass is 14.3. The lowest BCUT2D eigenvalue weighted by Gasteiger charge is -2.32. The standard InChI is InChI=1S/C26H42/c1-3-5-21-7-9-23(10-8-21)11-12-24-15-19-26(20-16-24)25-17-13-22(6-4-2)14-18-25/h13-14,17-18,21,23-24,26H,3-12,15-16,19-20H2,1-2H3/t21-,23-,24-,26-. The molecule has 0 spiro atoms. The molecular formula is C26H42. The maximum absolute atomic E-state index is 2.42. The maximum Gasteiger partial charge on any atom is -0.0162 e. The van der Waals surface area contributed by atoms with Crippen molar-refractivity contribution in [1.29, 1.82) is 0 Å². The van der Waals surface area contributed by atoms with E-state index in [1.807, 2.05) is 0 Å². The van der Waals surface area contributed by atoms with Crippen molar-refractivity contribution in [3.63, 3.8) is 0 Å². The Morgan fingerprint density at radius 1 is 0.615 bits per heavy atom. The highest BCUT2D eigenvalue weighted by Crippen LogP contribution is 2.40. The van der Waals surface area contributed by atoms with Crippen molar-refractivity contribution in [2.24, 2.45) is 17.8 Å². The normalized spacial score (nSPS) is 29.6. The van der Waals surface area contributed by atoms with E-state index >= 15 is 0 Å². The highest BCUT2D eigenvalue weighted by Gasteiger charge is 2.25. The average Bonchev–Trinajstić information content (AvgIpc) is 2.69. The zero-order valence-corrected chi connectivity index (χ0v) is 17.5. The Bertz CT molecular complexity index is 483. The van der Waals surface area contributed by atoms with Crippen molar-refractivity contribution < 1.29 is 0 Å². The van der Waals surface area contributed by atoms with Crippen molar-refractivity contribution in [3.8, 4) is 0 Å². The lowest BCUT2D eigenvalue weighted by atomic mass is 9.74. The average molecular weight is 355 g/mol. The summed E-state index contributed by atoms with van der Waals surface area (Å²) >= 11 is 0. The summed E-state index contributed by atoms with van der Waals surface area (Å²) in [4.78, 5) is 0. The van der Waals surface area contributed by atoms with Crippen LogP contribution in [0.5, 0.6) is 0 Å². The van der Waals surface area contributed by atoms with E-state index < -0.39 is 0 Å². The summed E-state index contributed by atoms with van der Waals surface area (Å²) in [5, 5.41) is 0. The third kappa shape index (κ3) is 5.86. The van der Waals surface area contributed by atoms with E-state index in [9.17, 15) is 0 Å². The SMILES string of the molecule is CCCc1ccc([C@H]2CC[C@H](CC[C@H]3CC[C@H](CCC)CC3)CC2)cc1. The van der Waals surface area contributed by atoms with Crippen LogP contribution in [-0.4, -0.2) is 0 Å². The lowest BCUT2D eigenvalue weighted by molar-refractivity contribution is 0.224. The van der Waals surface area contributed by atoms with Crippen molar-refractivity contribution >= 4 is 0 Å². The number of aryl methyl sites for hydroxylation is 1. The minimum absolute atomic E-state index is 0.839. The summed E-state index contributed by atoms with van der Waals surface area (Å²) in [5.41, 5.74) is 3.12. The Morgan fingerprint density at radius 2 is 1.12 bits per heavy atom. The molecule has 0 nitrogen and oxygen atoms in total. The molecule has 2 fully saturated rings. The highest BCUT2D eigenvalue weighted by molar-refractivity contribution is 5.25. The van der Waals surface area contributed by atoms with Crippen LogP contribution in [0.15, 0.2) is 24.3 Å². The molecule has 0 heterocycles. The second kappa shape index (κ2) is 10.5. The molecule has 0 unspecified atom stereocenters. The second-order valence-corrected chi connectivity index (χ2v) is 9.46. The van der Waals surface area contributed by atoms with E-state index in [-0.39, 0.29) is 0 Å². The minimum atomic E-state index is 0.839. The molecule has 0 atom stereocenters. The van der Waals surface area contributed by atoms with E-state index in [2.05, 4.69) is 38.1 Å². The number of hydrogen-bond acceptors (Lipinski definition) is 0. The summed E-state index contributed by atoms with van der Waals surface area (Å²) in [6, 6.07) is 9.59. The van der Waals surface area contributed by atoms with Crippen LogP contribution in [0.25, 0.3) is 0 Å². The molecule has 0 heteroatoms. The fourth-order valence-electron chi connectivity index (χ4n) is 5.72. The smallest absolute Gasteiger partial charge is 0.0162 e. The van der Waals surface area contributed by atoms with Gasteiger partial charge in [-0.15, -0.1) is 0 Å². The summed E-state index contributed by atoms with van der Waals surface area (Å²) in [6.07, 6.45) is 20.3.